The average Bonchev–Trinajstić information content (AvgIpc) is 3.10. The number of ether oxygens (including phenoxy) is 2. The minimum Gasteiger partial charge on any atom is -0.335 e. The molecule has 4 rings (SSSR count). The van der Waals surface area contributed by atoms with Crippen LogP contribution in [-0.4, -0.2) is 37.1 Å². The van der Waals surface area contributed by atoms with Gasteiger partial charge in [-0.2, -0.15) is 0 Å². The summed E-state index contributed by atoms with van der Waals surface area (Å²) < 4.78 is 12.3. The molecule has 2 aliphatic heterocycles. The predicted octanol–water partition coefficient (Wildman–Crippen LogP) is 2.83. The van der Waals surface area contributed by atoms with Crippen molar-refractivity contribution in [3.63, 3.8) is 0 Å². The molecule has 0 aliphatic carbocycles. The Labute approximate surface area is 125 Å². The van der Waals surface area contributed by atoms with Gasteiger partial charge in [0.2, 0.25) is 5.91 Å². The molecule has 0 radical (unpaired) electrons. The van der Waals surface area contributed by atoms with E-state index in [9.17, 15) is 0 Å². The molecule has 2 aromatic carbocycles. The van der Waals surface area contributed by atoms with Crippen molar-refractivity contribution in [1.29, 1.82) is 0 Å². The maximum atomic E-state index is 6.14. The van der Waals surface area contributed by atoms with Gasteiger partial charge in [-0.05, 0) is 11.1 Å². The number of benzene rings is 2. The zero-order chi connectivity index (χ0) is 14.1. The second-order valence-corrected chi connectivity index (χ2v) is 5.57. The Morgan fingerprint density at radius 3 is 1.71 bits per heavy atom. The molecule has 21 heavy (non-hydrogen) atoms. The summed E-state index contributed by atoms with van der Waals surface area (Å²) in [5.74, 6) is -0.562. The normalized spacial score (nSPS) is 20.8. The fraction of sp³-hybridized carbons (Fsp3) is 0.333. The molecule has 0 amide bonds. The van der Waals surface area contributed by atoms with E-state index < -0.39 is 5.91 Å². The lowest BCUT2D eigenvalue weighted by Crippen LogP contribution is -2.46. The van der Waals surface area contributed by atoms with Crippen LogP contribution in [0.15, 0.2) is 60.7 Å². The van der Waals surface area contributed by atoms with Gasteiger partial charge in [-0.1, -0.05) is 60.7 Å². The fourth-order valence-corrected chi connectivity index (χ4v) is 3.51. The first-order valence-electron chi connectivity index (χ1n) is 7.53. The van der Waals surface area contributed by atoms with E-state index in [2.05, 4.69) is 53.4 Å². The largest absolute Gasteiger partial charge is 0.335 e. The summed E-state index contributed by atoms with van der Waals surface area (Å²) in [6, 6.07) is 21.1. The van der Waals surface area contributed by atoms with Crippen molar-refractivity contribution >= 4 is 0 Å². The monoisotopic (exact) mass is 281 g/mol. The summed E-state index contributed by atoms with van der Waals surface area (Å²) in [6.07, 6.45) is 0. The molecule has 0 saturated carbocycles. The second-order valence-electron chi connectivity index (χ2n) is 5.57. The van der Waals surface area contributed by atoms with Crippen LogP contribution in [0.25, 0.3) is 0 Å². The lowest BCUT2D eigenvalue weighted by Gasteiger charge is -2.37. The third-order valence-corrected chi connectivity index (χ3v) is 4.41. The van der Waals surface area contributed by atoms with E-state index in [0.29, 0.717) is 0 Å². The topological polar surface area (TPSA) is 21.7 Å². The van der Waals surface area contributed by atoms with Crippen LogP contribution in [0.3, 0.4) is 0 Å². The van der Waals surface area contributed by atoms with Gasteiger partial charge in [0.1, 0.15) is 0 Å². The summed E-state index contributed by atoms with van der Waals surface area (Å²) in [4.78, 5) is 2.33. The number of hydrogen-bond acceptors (Lipinski definition) is 3. The molecule has 3 heteroatoms. The van der Waals surface area contributed by atoms with Gasteiger partial charge in [-0.3, -0.25) is 0 Å². The number of nitrogens with zero attached hydrogens (tertiary/aromatic N) is 1. The maximum absolute atomic E-state index is 6.14. The Hall–Kier alpha value is -1.68. The Kier molecular flexibility index (Phi) is 3.26. The van der Waals surface area contributed by atoms with Gasteiger partial charge in [-0.15, -0.1) is 0 Å². The summed E-state index contributed by atoms with van der Waals surface area (Å²) in [7, 11) is 0. The van der Waals surface area contributed by atoms with E-state index in [4.69, 9.17) is 9.47 Å². The first-order chi connectivity index (χ1) is 10.4. The smallest absolute Gasteiger partial charge is 0.241 e. The Morgan fingerprint density at radius 1 is 0.762 bits per heavy atom. The summed E-state index contributed by atoms with van der Waals surface area (Å²) in [5.41, 5.74) is 2.47. The van der Waals surface area contributed by atoms with E-state index in [1.54, 1.807) is 0 Å². The van der Waals surface area contributed by atoms with E-state index >= 15 is 0 Å². The highest BCUT2D eigenvalue weighted by Gasteiger charge is 2.54. The van der Waals surface area contributed by atoms with Crippen LogP contribution in [0, 0.1) is 0 Å². The first-order valence-corrected chi connectivity index (χ1v) is 7.53. The number of rotatable bonds is 3. The number of fused-ring (bicyclic) bond motifs is 1. The zero-order valence-corrected chi connectivity index (χ0v) is 11.9. The molecule has 2 aliphatic rings. The van der Waals surface area contributed by atoms with Crippen LogP contribution in [0.1, 0.15) is 17.0 Å². The molecular weight excluding hydrogens is 262 g/mol. The predicted molar refractivity (Wildman–Crippen MR) is 80.9 cm³/mol. The average molecular weight is 281 g/mol. The molecule has 0 atom stereocenters. The highest BCUT2D eigenvalue weighted by atomic mass is 16.7. The van der Waals surface area contributed by atoms with Crippen molar-refractivity contribution < 1.29 is 9.47 Å². The van der Waals surface area contributed by atoms with Crippen molar-refractivity contribution in [2.75, 3.05) is 26.3 Å². The molecule has 3 nitrogen and oxygen atoms in total. The van der Waals surface area contributed by atoms with Crippen molar-refractivity contribution in [2.24, 2.45) is 0 Å². The fourth-order valence-electron chi connectivity index (χ4n) is 3.51. The van der Waals surface area contributed by atoms with Gasteiger partial charge in [0.25, 0.3) is 0 Å². The van der Waals surface area contributed by atoms with Crippen molar-refractivity contribution in [3.05, 3.63) is 71.8 Å². The molecular formula is C18H19NO2. The van der Waals surface area contributed by atoms with Gasteiger partial charge >= 0.3 is 0 Å². The van der Waals surface area contributed by atoms with Crippen molar-refractivity contribution in [3.8, 4) is 0 Å². The van der Waals surface area contributed by atoms with Crippen LogP contribution >= 0.6 is 0 Å². The van der Waals surface area contributed by atoms with E-state index in [1.165, 1.54) is 11.1 Å². The Balaban J connectivity index is 1.84. The van der Waals surface area contributed by atoms with E-state index in [0.717, 1.165) is 26.3 Å². The van der Waals surface area contributed by atoms with Gasteiger partial charge in [0, 0.05) is 13.1 Å². The standard InChI is InChI=1S/C18H19NO2/c1-3-7-15(8-4-1)17(16-9-5-2-6-10-16)18-19(11-13-20-18)12-14-21-18/h1-10,17H,11-14H2. The van der Waals surface area contributed by atoms with Crippen LogP contribution in [0.4, 0.5) is 0 Å². The zero-order valence-electron chi connectivity index (χ0n) is 11.9. The third kappa shape index (κ3) is 2.09. The van der Waals surface area contributed by atoms with Gasteiger partial charge in [0.15, 0.2) is 0 Å². The van der Waals surface area contributed by atoms with Crippen LogP contribution in [0.5, 0.6) is 0 Å². The Bertz CT molecular complexity index is 550. The summed E-state index contributed by atoms with van der Waals surface area (Å²) in [5, 5.41) is 0. The minimum atomic E-state index is -0.636. The van der Waals surface area contributed by atoms with Crippen molar-refractivity contribution in [2.45, 2.75) is 11.8 Å². The molecule has 0 spiro atoms. The quantitative estimate of drug-likeness (QED) is 0.863. The second kappa shape index (κ2) is 5.26. The third-order valence-electron chi connectivity index (χ3n) is 4.41. The molecule has 0 aromatic heterocycles. The minimum absolute atomic E-state index is 0.0740. The molecule has 2 aromatic rings. The molecule has 0 bridgehead atoms. The number of hydrogen-bond donors (Lipinski definition) is 0. The molecule has 108 valence electrons. The molecule has 2 fully saturated rings. The molecule has 2 saturated heterocycles. The van der Waals surface area contributed by atoms with Crippen LogP contribution in [0.2, 0.25) is 0 Å². The van der Waals surface area contributed by atoms with E-state index in [1.807, 2.05) is 12.1 Å². The Morgan fingerprint density at radius 2 is 1.24 bits per heavy atom. The lowest BCUT2D eigenvalue weighted by atomic mass is 9.87. The summed E-state index contributed by atoms with van der Waals surface area (Å²) in [6.45, 7) is 3.35. The van der Waals surface area contributed by atoms with Crippen LogP contribution in [-0.2, 0) is 9.47 Å². The molecule has 0 unspecified atom stereocenters. The summed E-state index contributed by atoms with van der Waals surface area (Å²) >= 11 is 0. The van der Waals surface area contributed by atoms with Gasteiger partial charge in [0.05, 0.1) is 19.1 Å². The SMILES string of the molecule is c1ccc(C(c2ccccc2)C23OCCN2CCO3)cc1. The highest BCUT2D eigenvalue weighted by Crippen LogP contribution is 2.45. The first kappa shape index (κ1) is 13.0. The lowest BCUT2D eigenvalue weighted by molar-refractivity contribution is -0.240. The van der Waals surface area contributed by atoms with Gasteiger partial charge < -0.3 is 9.47 Å². The molecule has 2 heterocycles. The van der Waals surface area contributed by atoms with Crippen LogP contribution < -0.4 is 0 Å². The highest BCUT2D eigenvalue weighted by molar-refractivity contribution is 5.35. The molecule has 0 N–H and O–H groups in total. The van der Waals surface area contributed by atoms with Gasteiger partial charge in [-0.25, -0.2) is 4.90 Å². The maximum Gasteiger partial charge on any atom is 0.241 e. The van der Waals surface area contributed by atoms with E-state index in [-0.39, 0.29) is 5.92 Å². The van der Waals surface area contributed by atoms with Crippen molar-refractivity contribution in [1.82, 2.24) is 4.90 Å².